The molecule has 1 aromatic heterocycles. The largest absolute Gasteiger partial charge is 0.495 e. The van der Waals surface area contributed by atoms with Crippen molar-refractivity contribution in [3.05, 3.63) is 77.1 Å². The highest BCUT2D eigenvalue weighted by atomic mass is 32.1. The monoisotopic (exact) mass is 449 g/mol. The average Bonchev–Trinajstić information content (AvgIpc) is 3.16. The van der Waals surface area contributed by atoms with Crippen molar-refractivity contribution in [3.8, 4) is 17.2 Å². The highest BCUT2D eigenvalue weighted by molar-refractivity contribution is 7.80. The minimum Gasteiger partial charge on any atom is -0.495 e. The summed E-state index contributed by atoms with van der Waals surface area (Å²) in [5, 5.41) is 5.40. The van der Waals surface area contributed by atoms with Gasteiger partial charge in [-0.2, -0.15) is 0 Å². The van der Waals surface area contributed by atoms with E-state index in [2.05, 4.69) is 15.6 Å². The molecular formula is C24H20FN3O3S. The molecule has 0 radical (unpaired) electrons. The molecule has 4 aromatic rings. The van der Waals surface area contributed by atoms with Gasteiger partial charge in [0.2, 0.25) is 5.89 Å². The number of rotatable bonds is 4. The number of anilines is 1. The Balaban J connectivity index is 1.59. The fourth-order valence-corrected chi connectivity index (χ4v) is 3.41. The first-order chi connectivity index (χ1) is 15.4. The van der Waals surface area contributed by atoms with E-state index in [1.54, 1.807) is 18.2 Å². The van der Waals surface area contributed by atoms with Crippen LogP contribution in [0.2, 0.25) is 0 Å². The molecule has 1 heterocycles. The van der Waals surface area contributed by atoms with Gasteiger partial charge in [0.15, 0.2) is 10.7 Å². The van der Waals surface area contributed by atoms with E-state index in [1.165, 1.54) is 25.3 Å². The predicted molar refractivity (Wildman–Crippen MR) is 126 cm³/mol. The Morgan fingerprint density at radius 2 is 1.84 bits per heavy atom. The van der Waals surface area contributed by atoms with Crippen molar-refractivity contribution in [2.45, 2.75) is 13.8 Å². The fourth-order valence-electron chi connectivity index (χ4n) is 3.21. The Labute approximate surface area is 189 Å². The van der Waals surface area contributed by atoms with Crippen LogP contribution in [0.25, 0.3) is 22.6 Å². The Bertz CT molecular complexity index is 1310. The first-order valence-electron chi connectivity index (χ1n) is 9.79. The number of carbonyl (C=O) groups excluding carboxylic acids is 1. The predicted octanol–water partition coefficient (Wildman–Crippen LogP) is 5.39. The van der Waals surface area contributed by atoms with Crippen molar-refractivity contribution in [1.29, 1.82) is 0 Å². The lowest BCUT2D eigenvalue weighted by Crippen LogP contribution is -2.34. The summed E-state index contributed by atoms with van der Waals surface area (Å²) in [6.45, 7) is 4.04. The van der Waals surface area contributed by atoms with Crippen LogP contribution in [-0.2, 0) is 0 Å². The van der Waals surface area contributed by atoms with Crippen LogP contribution in [0.15, 0.2) is 59.0 Å². The van der Waals surface area contributed by atoms with E-state index in [4.69, 9.17) is 21.4 Å². The normalized spacial score (nSPS) is 10.8. The summed E-state index contributed by atoms with van der Waals surface area (Å²) in [7, 11) is 1.52. The summed E-state index contributed by atoms with van der Waals surface area (Å²) in [4.78, 5) is 16.9. The Hall–Kier alpha value is -3.78. The van der Waals surface area contributed by atoms with Crippen LogP contribution in [0.3, 0.4) is 0 Å². The van der Waals surface area contributed by atoms with E-state index in [9.17, 15) is 9.18 Å². The highest BCUT2D eigenvalue weighted by Crippen LogP contribution is 2.32. The van der Waals surface area contributed by atoms with Crippen LogP contribution < -0.4 is 15.4 Å². The van der Waals surface area contributed by atoms with Crippen molar-refractivity contribution in [2.75, 3.05) is 12.4 Å². The third-order valence-corrected chi connectivity index (χ3v) is 5.25. The third-order valence-electron chi connectivity index (χ3n) is 5.04. The zero-order chi connectivity index (χ0) is 22.8. The number of thiocarbonyl (C=S) groups is 1. The number of methoxy groups -OCH3 is 1. The molecule has 2 N–H and O–H groups in total. The van der Waals surface area contributed by atoms with E-state index in [0.29, 0.717) is 28.5 Å². The summed E-state index contributed by atoms with van der Waals surface area (Å²) in [5.74, 6) is -0.342. The van der Waals surface area contributed by atoms with Gasteiger partial charge in [-0.05, 0) is 79.7 Å². The van der Waals surface area contributed by atoms with Gasteiger partial charge in [0.05, 0.1) is 18.4 Å². The van der Waals surface area contributed by atoms with Crippen LogP contribution in [0, 0.1) is 19.7 Å². The lowest BCUT2D eigenvalue weighted by Gasteiger charge is -2.14. The van der Waals surface area contributed by atoms with Crippen molar-refractivity contribution < 1.29 is 18.3 Å². The first kappa shape index (κ1) is 21.5. The number of halogens is 1. The smallest absolute Gasteiger partial charge is 0.260 e. The molecule has 162 valence electrons. The van der Waals surface area contributed by atoms with Crippen LogP contribution in [0.5, 0.6) is 5.75 Å². The van der Waals surface area contributed by atoms with Gasteiger partial charge in [-0.1, -0.05) is 12.1 Å². The maximum Gasteiger partial charge on any atom is 0.260 e. The van der Waals surface area contributed by atoms with Gasteiger partial charge in [-0.3, -0.25) is 10.1 Å². The molecule has 32 heavy (non-hydrogen) atoms. The van der Waals surface area contributed by atoms with Gasteiger partial charge in [0.25, 0.3) is 5.91 Å². The number of carbonyl (C=O) groups is 1. The number of benzene rings is 3. The number of amides is 1. The second-order valence-corrected chi connectivity index (χ2v) is 7.63. The zero-order valence-corrected chi connectivity index (χ0v) is 18.5. The van der Waals surface area contributed by atoms with Gasteiger partial charge in [-0.15, -0.1) is 0 Å². The number of oxazole rings is 1. The van der Waals surface area contributed by atoms with Gasteiger partial charge in [-0.25, -0.2) is 9.37 Å². The maximum atomic E-state index is 13.9. The summed E-state index contributed by atoms with van der Waals surface area (Å²) in [6.07, 6.45) is 0. The highest BCUT2D eigenvalue weighted by Gasteiger charge is 2.16. The van der Waals surface area contributed by atoms with E-state index in [-0.39, 0.29) is 10.7 Å². The summed E-state index contributed by atoms with van der Waals surface area (Å²) >= 11 is 5.24. The zero-order valence-electron chi connectivity index (χ0n) is 17.7. The van der Waals surface area contributed by atoms with Gasteiger partial charge >= 0.3 is 0 Å². The van der Waals surface area contributed by atoms with E-state index < -0.39 is 11.7 Å². The lowest BCUT2D eigenvalue weighted by atomic mass is 10.1. The average molecular weight is 450 g/mol. The van der Waals surface area contributed by atoms with Crippen molar-refractivity contribution in [3.63, 3.8) is 0 Å². The number of ether oxygens (including phenoxy) is 1. The van der Waals surface area contributed by atoms with Crippen molar-refractivity contribution in [1.82, 2.24) is 10.3 Å². The second kappa shape index (κ2) is 8.76. The number of fused-ring (bicyclic) bond motifs is 1. The molecule has 0 spiro atoms. The number of nitrogens with one attached hydrogen (secondary N) is 2. The molecule has 4 rings (SSSR count). The molecule has 0 bridgehead atoms. The fraction of sp³-hybridized carbons (Fsp3) is 0.125. The number of hydrogen-bond acceptors (Lipinski definition) is 5. The van der Waals surface area contributed by atoms with Crippen LogP contribution >= 0.6 is 12.2 Å². The van der Waals surface area contributed by atoms with E-state index in [1.807, 2.05) is 32.0 Å². The molecule has 0 atom stereocenters. The van der Waals surface area contributed by atoms with Gasteiger partial charge < -0.3 is 14.5 Å². The van der Waals surface area contributed by atoms with E-state index >= 15 is 0 Å². The summed E-state index contributed by atoms with van der Waals surface area (Å²) in [6, 6.07) is 14.9. The number of hydrogen-bond donors (Lipinski definition) is 2. The number of nitrogens with zero attached hydrogens (tertiary/aromatic N) is 1. The molecule has 3 aromatic carbocycles. The minimum absolute atomic E-state index is 0.00230. The molecule has 0 saturated heterocycles. The number of aromatic nitrogens is 1. The summed E-state index contributed by atoms with van der Waals surface area (Å²) < 4.78 is 25.2. The molecular weight excluding hydrogens is 429 g/mol. The molecule has 0 aliphatic carbocycles. The minimum atomic E-state index is -0.652. The topological polar surface area (TPSA) is 76.4 Å². The van der Waals surface area contributed by atoms with Crippen molar-refractivity contribution in [2.24, 2.45) is 0 Å². The first-order valence-corrected chi connectivity index (χ1v) is 10.2. The van der Waals surface area contributed by atoms with E-state index in [0.717, 1.165) is 16.6 Å². The van der Waals surface area contributed by atoms with Crippen molar-refractivity contribution >= 4 is 40.0 Å². The molecule has 0 aliphatic heterocycles. The molecule has 0 unspecified atom stereocenters. The molecule has 0 saturated carbocycles. The molecule has 8 heteroatoms. The Kier molecular flexibility index (Phi) is 5.87. The Morgan fingerprint density at radius 1 is 1.09 bits per heavy atom. The van der Waals surface area contributed by atoms with Crippen LogP contribution in [0.1, 0.15) is 21.5 Å². The Morgan fingerprint density at radius 3 is 2.59 bits per heavy atom. The quantitative estimate of drug-likeness (QED) is 0.407. The molecule has 6 nitrogen and oxygen atoms in total. The maximum absolute atomic E-state index is 13.9. The molecule has 0 fully saturated rings. The standard InChI is InChI=1S/C24H20FN3O3S/c1-13-10-18-21(11-14(13)2)31-23(26-18)15-8-9-20(30-3)19(12-15)27-24(32)28-22(29)16-6-4-5-7-17(16)25/h4-12H,1-3H3,(H2,27,28,29,32). The van der Waals surface area contributed by atoms with Crippen LogP contribution in [-0.4, -0.2) is 23.1 Å². The van der Waals surface area contributed by atoms with Gasteiger partial charge in [0.1, 0.15) is 17.1 Å². The lowest BCUT2D eigenvalue weighted by molar-refractivity contribution is 0.0974. The second-order valence-electron chi connectivity index (χ2n) is 7.23. The summed E-state index contributed by atoms with van der Waals surface area (Å²) in [5.41, 5.74) is 4.80. The van der Waals surface area contributed by atoms with Crippen LogP contribution in [0.4, 0.5) is 10.1 Å². The number of aryl methyl sites for hydroxylation is 2. The third kappa shape index (κ3) is 4.31. The van der Waals surface area contributed by atoms with Gasteiger partial charge in [0, 0.05) is 5.56 Å². The SMILES string of the molecule is COc1ccc(-c2nc3cc(C)c(C)cc3o2)cc1NC(=S)NC(=O)c1ccccc1F. The molecule has 1 amide bonds. The molecule has 0 aliphatic rings.